The van der Waals surface area contributed by atoms with E-state index in [1.807, 2.05) is 6.08 Å². The van der Waals surface area contributed by atoms with Crippen molar-refractivity contribution in [3.05, 3.63) is 11.6 Å². The molecule has 0 heterocycles. The van der Waals surface area contributed by atoms with Crippen molar-refractivity contribution in [3.63, 3.8) is 0 Å². The van der Waals surface area contributed by atoms with Crippen LogP contribution in [0.1, 0.15) is 58.8 Å². The van der Waals surface area contributed by atoms with Crippen molar-refractivity contribution >= 4 is 5.97 Å². The molecule has 4 aliphatic rings. The number of hydrogen-bond acceptors (Lipinski definition) is 3. The number of rotatable bonds is 1. The highest BCUT2D eigenvalue weighted by molar-refractivity contribution is 5.86. The summed E-state index contributed by atoms with van der Waals surface area (Å²) in [5, 5.41) is 31.1. The maximum atomic E-state index is 11.5. The maximum Gasteiger partial charge on any atom is 0.331 e. The minimum absolute atomic E-state index is 0.125. The van der Waals surface area contributed by atoms with Gasteiger partial charge in [-0.25, -0.2) is 4.79 Å². The lowest BCUT2D eigenvalue weighted by Crippen LogP contribution is -2.58. The Morgan fingerprint density at radius 2 is 1.88 bits per heavy atom. The number of allylic oxidation sites excluding steroid dienone is 1. The Balaban J connectivity index is 1.70. The first kappa shape index (κ1) is 16.6. The molecule has 4 heteroatoms. The van der Waals surface area contributed by atoms with Crippen molar-refractivity contribution in [1.29, 1.82) is 0 Å². The quantitative estimate of drug-likeness (QED) is 0.689. The summed E-state index contributed by atoms with van der Waals surface area (Å²) < 4.78 is 0. The van der Waals surface area contributed by atoms with Gasteiger partial charge in [0.1, 0.15) is 0 Å². The summed E-state index contributed by atoms with van der Waals surface area (Å²) in [4.78, 5) is 11.5. The highest BCUT2D eigenvalue weighted by atomic mass is 16.4. The first-order valence-corrected chi connectivity index (χ1v) is 9.56. The fourth-order valence-electron chi connectivity index (χ4n) is 7.23. The van der Waals surface area contributed by atoms with Crippen LogP contribution in [-0.4, -0.2) is 33.5 Å². The number of aliphatic hydroxyl groups is 2. The highest BCUT2D eigenvalue weighted by Crippen LogP contribution is 2.66. The molecule has 4 aliphatic carbocycles. The minimum Gasteiger partial charge on any atom is -0.478 e. The van der Waals surface area contributed by atoms with Gasteiger partial charge >= 0.3 is 5.97 Å². The molecule has 3 N–H and O–H groups in total. The largest absolute Gasteiger partial charge is 0.478 e. The molecule has 3 saturated carbocycles. The van der Waals surface area contributed by atoms with E-state index in [1.54, 1.807) is 0 Å². The van der Waals surface area contributed by atoms with Crippen molar-refractivity contribution in [1.82, 2.24) is 0 Å². The van der Waals surface area contributed by atoms with Crippen LogP contribution in [0, 0.1) is 34.5 Å². The van der Waals surface area contributed by atoms with Crippen molar-refractivity contribution in [2.24, 2.45) is 34.5 Å². The van der Waals surface area contributed by atoms with Gasteiger partial charge in [0, 0.05) is 5.57 Å². The first-order valence-electron chi connectivity index (χ1n) is 9.56. The van der Waals surface area contributed by atoms with Crippen LogP contribution in [0.4, 0.5) is 0 Å². The zero-order valence-electron chi connectivity index (χ0n) is 14.7. The fourth-order valence-corrected chi connectivity index (χ4v) is 7.23. The predicted molar refractivity (Wildman–Crippen MR) is 90.2 cm³/mol. The Labute approximate surface area is 144 Å². The Morgan fingerprint density at radius 1 is 1.12 bits per heavy atom. The number of carbonyl (C=O) groups is 1. The van der Waals surface area contributed by atoms with Gasteiger partial charge in [-0.3, -0.25) is 0 Å². The van der Waals surface area contributed by atoms with E-state index in [9.17, 15) is 20.1 Å². The van der Waals surface area contributed by atoms with E-state index < -0.39 is 12.1 Å². The summed E-state index contributed by atoms with van der Waals surface area (Å²) in [7, 11) is 0. The second-order valence-corrected chi connectivity index (χ2v) is 9.39. The van der Waals surface area contributed by atoms with Crippen molar-refractivity contribution in [3.8, 4) is 0 Å². The molecule has 0 spiro atoms. The van der Waals surface area contributed by atoms with Crippen LogP contribution in [-0.2, 0) is 4.79 Å². The molecule has 0 saturated heterocycles. The van der Waals surface area contributed by atoms with Gasteiger partial charge in [-0.2, -0.15) is 0 Å². The molecule has 0 aromatic carbocycles. The molecular formula is C20H30O4. The van der Waals surface area contributed by atoms with E-state index in [-0.39, 0.29) is 22.9 Å². The van der Waals surface area contributed by atoms with Crippen LogP contribution in [0.5, 0.6) is 0 Å². The lowest BCUT2D eigenvalue weighted by atomic mass is 9.44. The summed E-state index contributed by atoms with van der Waals surface area (Å²) in [6, 6.07) is 0. The highest BCUT2D eigenvalue weighted by Gasteiger charge is 2.62. The third-order valence-corrected chi connectivity index (χ3v) is 8.44. The number of aliphatic hydroxyl groups excluding tert-OH is 2. The molecule has 24 heavy (non-hydrogen) atoms. The molecule has 0 bridgehead atoms. The average molecular weight is 334 g/mol. The standard InChI is InChI=1S/C20H30O4/c1-19-9-11(18(23)24)3-4-12(19)5-6-13-14-7-8-16(22)20(14,2)10-15(21)17(13)19/h3,12-17,21-22H,4-10H2,1-2H3,(H,23,24)/t12?,13-,14-,15?,16?,17-,19-,20-/m0/s1. The topological polar surface area (TPSA) is 77.8 Å². The molecule has 0 radical (unpaired) electrons. The Hall–Kier alpha value is -0.870. The summed E-state index contributed by atoms with van der Waals surface area (Å²) in [5.74, 6) is 0.737. The SMILES string of the molecule is C[C@]12CC(C(=O)O)=CCC1CC[C@@H]1[C@H]2C(O)C[C@]2(C)C(O)CC[C@@H]12. The summed E-state index contributed by atoms with van der Waals surface area (Å²) >= 11 is 0. The molecule has 4 nitrogen and oxygen atoms in total. The Morgan fingerprint density at radius 3 is 2.58 bits per heavy atom. The molecule has 0 amide bonds. The summed E-state index contributed by atoms with van der Waals surface area (Å²) in [6.07, 6.45) is 7.39. The van der Waals surface area contributed by atoms with Crippen molar-refractivity contribution in [2.75, 3.05) is 0 Å². The molecule has 4 rings (SSSR count). The number of hydrogen-bond donors (Lipinski definition) is 3. The van der Waals surface area contributed by atoms with E-state index in [4.69, 9.17) is 0 Å². The summed E-state index contributed by atoms with van der Waals surface area (Å²) in [5.41, 5.74) is 0.241. The van der Waals surface area contributed by atoms with Crippen LogP contribution < -0.4 is 0 Å². The van der Waals surface area contributed by atoms with Gasteiger partial charge in [-0.15, -0.1) is 0 Å². The zero-order valence-corrected chi connectivity index (χ0v) is 14.7. The number of aliphatic carboxylic acids is 1. The summed E-state index contributed by atoms with van der Waals surface area (Å²) in [6.45, 7) is 4.38. The van der Waals surface area contributed by atoms with Gasteiger partial charge in [-0.1, -0.05) is 19.9 Å². The van der Waals surface area contributed by atoms with Gasteiger partial charge in [0.2, 0.25) is 0 Å². The molecular weight excluding hydrogens is 304 g/mol. The molecule has 0 aromatic heterocycles. The monoisotopic (exact) mass is 334 g/mol. The lowest BCUT2D eigenvalue weighted by Gasteiger charge is -2.61. The van der Waals surface area contributed by atoms with Gasteiger partial charge in [0.15, 0.2) is 0 Å². The first-order chi connectivity index (χ1) is 11.3. The average Bonchev–Trinajstić information content (AvgIpc) is 2.80. The second kappa shape index (κ2) is 5.31. The smallest absolute Gasteiger partial charge is 0.331 e. The van der Waals surface area contributed by atoms with Gasteiger partial charge in [-0.05, 0) is 79.4 Å². The Bertz CT molecular complexity index is 584. The van der Waals surface area contributed by atoms with Gasteiger partial charge < -0.3 is 15.3 Å². The maximum absolute atomic E-state index is 11.5. The van der Waals surface area contributed by atoms with Crippen LogP contribution >= 0.6 is 0 Å². The number of carboxylic acids is 1. The molecule has 3 fully saturated rings. The zero-order chi connectivity index (χ0) is 17.3. The molecule has 3 unspecified atom stereocenters. The third kappa shape index (κ3) is 2.08. The predicted octanol–water partition coefficient (Wildman–Crippen LogP) is 2.98. The van der Waals surface area contributed by atoms with E-state index >= 15 is 0 Å². The van der Waals surface area contributed by atoms with E-state index in [0.29, 0.717) is 36.2 Å². The molecule has 0 aliphatic heterocycles. The van der Waals surface area contributed by atoms with Gasteiger partial charge in [0.25, 0.3) is 0 Å². The normalized spacial score (nSPS) is 53.6. The molecule has 8 atom stereocenters. The van der Waals surface area contributed by atoms with Crippen molar-refractivity contribution < 1.29 is 20.1 Å². The van der Waals surface area contributed by atoms with Crippen LogP contribution in [0.2, 0.25) is 0 Å². The van der Waals surface area contributed by atoms with E-state index in [2.05, 4.69) is 13.8 Å². The van der Waals surface area contributed by atoms with Crippen LogP contribution in [0.15, 0.2) is 11.6 Å². The van der Waals surface area contributed by atoms with Gasteiger partial charge in [0.05, 0.1) is 12.2 Å². The molecule has 134 valence electrons. The fraction of sp³-hybridized carbons (Fsp3) is 0.850. The number of fused-ring (bicyclic) bond motifs is 5. The minimum atomic E-state index is -0.803. The van der Waals surface area contributed by atoms with E-state index in [0.717, 1.165) is 32.1 Å². The lowest BCUT2D eigenvalue weighted by molar-refractivity contribution is -0.169. The molecule has 0 aromatic rings. The Kier molecular flexibility index (Phi) is 3.67. The third-order valence-electron chi connectivity index (χ3n) is 8.44. The van der Waals surface area contributed by atoms with Crippen LogP contribution in [0.3, 0.4) is 0 Å². The van der Waals surface area contributed by atoms with E-state index in [1.165, 1.54) is 0 Å². The van der Waals surface area contributed by atoms with Crippen molar-refractivity contribution in [2.45, 2.75) is 71.0 Å². The number of carboxylic acid groups (broad SMARTS) is 1. The second-order valence-electron chi connectivity index (χ2n) is 9.39. The van der Waals surface area contributed by atoms with Crippen LogP contribution in [0.25, 0.3) is 0 Å².